The van der Waals surface area contributed by atoms with Crippen LogP contribution in [0.4, 0.5) is 11.4 Å². The fraction of sp³-hybridized carbons (Fsp3) is 0.0645. The Labute approximate surface area is 250 Å². The highest BCUT2D eigenvalue weighted by molar-refractivity contribution is 9.10. The third kappa shape index (κ3) is 8.32. The van der Waals surface area contributed by atoms with E-state index in [9.17, 15) is 14.4 Å². The van der Waals surface area contributed by atoms with E-state index in [4.69, 9.17) is 11.6 Å². The van der Waals surface area contributed by atoms with Crippen molar-refractivity contribution in [2.45, 2.75) is 17.1 Å². The SMILES string of the molecule is CC(Sc1ccc(NC(=O)/C(=C/c2ccccc2Cl)NC(=O)c2ccccc2)cc1)C(=O)Nc1ccc(Br)cc1. The summed E-state index contributed by atoms with van der Waals surface area (Å²) >= 11 is 11.1. The molecule has 0 radical (unpaired) electrons. The molecule has 0 aliphatic carbocycles. The average Bonchev–Trinajstić information content (AvgIpc) is 2.96. The molecule has 4 aromatic carbocycles. The summed E-state index contributed by atoms with van der Waals surface area (Å²) in [6, 6.07) is 30.2. The van der Waals surface area contributed by atoms with Crippen molar-refractivity contribution in [3.8, 4) is 0 Å². The van der Waals surface area contributed by atoms with Gasteiger partial charge in [-0.2, -0.15) is 0 Å². The Morgan fingerprint density at radius 3 is 2.08 bits per heavy atom. The lowest BCUT2D eigenvalue weighted by Crippen LogP contribution is -2.30. The van der Waals surface area contributed by atoms with Crippen LogP contribution in [0.2, 0.25) is 5.02 Å². The maximum absolute atomic E-state index is 13.2. The number of rotatable bonds is 9. The van der Waals surface area contributed by atoms with Crippen molar-refractivity contribution in [3.63, 3.8) is 0 Å². The molecule has 9 heteroatoms. The number of hydrogen-bond acceptors (Lipinski definition) is 4. The third-order valence-electron chi connectivity index (χ3n) is 5.64. The summed E-state index contributed by atoms with van der Waals surface area (Å²) in [5.41, 5.74) is 2.29. The minimum Gasteiger partial charge on any atom is -0.325 e. The van der Waals surface area contributed by atoms with Gasteiger partial charge in [-0.25, -0.2) is 0 Å². The number of halogens is 2. The Bertz CT molecular complexity index is 1530. The molecule has 0 aliphatic heterocycles. The number of carbonyl (C=O) groups is 3. The second-order valence-corrected chi connectivity index (χ2v) is 11.4. The molecule has 4 rings (SSSR count). The molecule has 0 bridgehead atoms. The molecular weight excluding hydrogens is 610 g/mol. The molecule has 0 fully saturated rings. The molecule has 0 heterocycles. The van der Waals surface area contributed by atoms with Gasteiger partial charge in [0.2, 0.25) is 5.91 Å². The zero-order valence-electron chi connectivity index (χ0n) is 21.4. The van der Waals surface area contributed by atoms with E-state index >= 15 is 0 Å². The summed E-state index contributed by atoms with van der Waals surface area (Å²) in [4.78, 5) is 39.5. The first-order valence-corrected chi connectivity index (χ1v) is 14.3. The number of hydrogen-bond donors (Lipinski definition) is 3. The topological polar surface area (TPSA) is 87.3 Å². The van der Waals surface area contributed by atoms with E-state index in [0.29, 0.717) is 21.8 Å². The Kier molecular flexibility index (Phi) is 10.2. The van der Waals surface area contributed by atoms with Crippen LogP contribution in [0.25, 0.3) is 6.08 Å². The second kappa shape index (κ2) is 14.0. The van der Waals surface area contributed by atoms with Crippen LogP contribution in [0, 0.1) is 0 Å². The first-order chi connectivity index (χ1) is 19.3. The standard InChI is InChI=1S/C31H25BrClN3O3S/c1-20(29(37)34-24-13-11-23(32)12-14-24)40-26-17-15-25(16-18-26)35-31(39)28(19-22-9-5-6-10-27(22)33)36-30(38)21-7-3-2-4-8-21/h2-20H,1H3,(H,34,37)(H,35,39)(H,36,38)/b28-19-. The van der Waals surface area contributed by atoms with Crippen molar-refractivity contribution in [1.29, 1.82) is 0 Å². The maximum atomic E-state index is 13.2. The van der Waals surface area contributed by atoms with E-state index in [2.05, 4.69) is 31.9 Å². The van der Waals surface area contributed by atoms with Crippen molar-refractivity contribution in [2.24, 2.45) is 0 Å². The van der Waals surface area contributed by atoms with Gasteiger partial charge in [-0.05, 0) is 85.3 Å². The largest absolute Gasteiger partial charge is 0.325 e. The minimum absolute atomic E-state index is 0.0404. The zero-order valence-corrected chi connectivity index (χ0v) is 24.5. The molecule has 0 aromatic heterocycles. The van der Waals surface area contributed by atoms with Crippen LogP contribution in [0.3, 0.4) is 0 Å². The Balaban J connectivity index is 1.43. The summed E-state index contributed by atoms with van der Waals surface area (Å²) in [6.07, 6.45) is 1.54. The van der Waals surface area contributed by atoms with E-state index in [-0.39, 0.29) is 16.9 Å². The molecule has 202 valence electrons. The summed E-state index contributed by atoms with van der Waals surface area (Å²) < 4.78 is 0.935. The number of carbonyl (C=O) groups excluding carboxylic acids is 3. The van der Waals surface area contributed by atoms with Crippen molar-refractivity contribution in [2.75, 3.05) is 10.6 Å². The van der Waals surface area contributed by atoms with Crippen LogP contribution >= 0.6 is 39.3 Å². The highest BCUT2D eigenvalue weighted by Crippen LogP contribution is 2.26. The number of benzene rings is 4. The molecule has 3 N–H and O–H groups in total. The van der Waals surface area contributed by atoms with Crippen LogP contribution < -0.4 is 16.0 Å². The van der Waals surface area contributed by atoms with Gasteiger partial charge in [0, 0.05) is 31.3 Å². The zero-order chi connectivity index (χ0) is 28.5. The van der Waals surface area contributed by atoms with E-state index in [1.54, 1.807) is 60.7 Å². The molecule has 0 spiro atoms. The maximum Gasteiger partial charge on any atom is 0.272 e. The van der Waals surface area contributed by atoms with E-state index < -0.39 is 11.8 Å². The van der Waals surface area contributed by atoms with Crippen LogP contribution in [0.1, 0.15) is 22.8 Å². The predicted octanol–water partition coefficient (Wildman–Crippen LogP) is 7.63. The Hall–Kier alpha value is -3.85. The molecule has 1 unspecified atom stereocenters. The normalized spacial score (nSPS) is 11.8. The average molecular weight is 635 g/mol. The molecule has 3 amide bonds. The molecule has 0 saturated carbocycles. The monoisotopic (exact) mass is 633 g/mol. The first kappa shape index (κ1) is 29.1. The van der Waals surface area contributed by atoms with Crippen LogP contribution in [0.5, 0.6) is 0 Å². The van der Waals surface area contributed by atoms with Gasteiger partial charge in [-0.3, -0.25) is 14.4 Å². The lowest BCUT2D eigenvalue weighted by molar-refractivity contribution is -0.115. The lowest BCUT2D eigenvalue weighted by Gasteiger charge is -2.14. The summed E-state index contributed by atoms with van der Waals surface area (Å²) in [5, 5.41) is 8.53. The van der Waals surface area contributed by atoms with Gasteiger partial charge in [-0.15, -0.1) is 11.8 Å². The van der Waals surface area contributed by atoms with Gasteiger partial charge in [0.05, 0.1) is 5.25 Å². The summed E-state index contributed by atoms with van der Waals surface area (Å²) in [7, 11) is 0. The summed E-state index contributed by atoms with van der Waals surface area (Å²) in [6.45, 7) is 1.83. The molecule has 4 aromatic rings. The number of amides is 3. The van der Waals surface area contributed by atoms with Gasteiger partial charge in [0.1, 0.15) is 5.70 Å². The number of nitrogens with one attached hydrogen (secondary N) is 3. The number of anilines is 2. The molecule has 40 heavy (non-hydrogen) atoms. The van der Waals surface area contributed by atoms with Gasteiger partial charge in [0.25, 0.3) is 11.8 Å². The fourth-order valence-corrected chi connectivity index (χ4v) is 4.86. The summed E-state index contributed by atoms with van der Waals surface area (Å²) in [5.74, 6) is -1.05. The van der Waals surface area contributed by atoms with Crippen LogP contribution in [0.15, 0.2) is 118 Å². The predicted molar refractivity (Wildman–Crippen MR) is 166 cm³/mol. The smallest absolute Gasteiger partial charge is 0.272 e. The molecule has 0 saturated heterocycles. The van der Waals surface area contributed by atoms with E-state index in [0.717, 1.165) is 15.1 Å². The van der Waals surface area contributed by atoms with E-state index in [1.807, 2.05) is 49.4 Å². The van der Waals surface area contributed by atoms with Crippen molar-refractivity contribution < 1.29 is 14.4 Å². The molecular formula is C31H25BrClN3O3S. The van der Waals surface area contributed by atoms with Crippen molar-refractivity contribution in [3.05, 3.63) is 129 Å². The first-order valence-electron chi connectivity index (χ1n) is 12.3. The van der Waals surface area contributed by atoms with Crippen LogP contribution in [-0.2, 0) is 9.59 Å². The minimum atomic E-state index is -0.508. The number of thioether (sulfide) groups is 1. The molecule has 6 nitrogen and oxygen atoms in total. The van der Waals surface area contributed by atoms with Gasteiger partial charge >= 0.3 is 0 Å². The lowest BCUT2D eigenvalue weighted by atomic mass is 10.1. The third-order valence-corrected chi connectivity index (χ3v) is 7.62. The molecule has 1 atom stereocenters. The Morgan fingerprint density at radius 1 is 0.800 bits per heavy atom. The van der Waals surface area contributed by atoms with Gasteiger partial charge < -0.3 is 16.0 Å². The quantitative estimate of drug-likeness (QED) is 0.131. The van der Waals surface area contributed by atoms with Crippen molar-refractivity contribution in [1.82, 2.24) is 5.32 Å². The Morgan fingerprint density at radius 2 is 1.40 bits per heavy atom. The van der Waals surface area contributed by atoms with Crippen LogP contribution in [-0.4, -0.2) is 23.0 Å². The van der Waals surface area contributed by atoms with E-state index in [1.165, 1.54) is 17.8 Å². The fourth-order valence-electron chi connectivity index (χ4n) is 3.54. The van der Waals surface area contributed by atoms with Gasteiger partial charge in [0.15, 0.2) is 0 Å². The molecule has 0 aliphatic rings. The van der Waals surface area contributed by atoms with Crippen molar-refractivity contribution >= 4 is 74.5 Å². The second-order valence-electron chi connectivity index (χ2n) is 8.63. The highest BCUT2D eigenvalue weighted by Gasteiger charge is 2.17. The highest BCUT2D eigenvalue weighted by atomic mass is 79.9. The van der Waals surface area contributed by atoms with Gasteiger partial charge in [-0.1, -0.05) is 63.9 Å².